The normalized spacial score (nSPS) is 14.7. The quantitative estimate of drug-likeness (QED) is 0.485. The molecular weight excluding hydrogens is 404 g/mol. The zero-order valence-corrected chi connectivity index (χ0v) is 18.7. The maximum absolute atomic E-state index is 12.4. The highest BCUT2D eigenvalue weighted by atomic mass is 16.5. The highest BCUT2D eigenvalue weighted by Gasteiger charge is 2.46. The molecule has 1 fully saturated rings. The van der Waals surface area contributed by atoms with Crippen molar-refractivity contribution in [2.75, 3.05) is 11.9 Å². The van der Waals surface area contributed by atoms with Gasteiger partial charge in [-0.2, -0.15) is 4.98 Å². The second-order valence-electron chi connectivity index (χ2n) is 8.25. The lowest BCUT2D eigenvalue weighted by Crippen LogP contribution is -2.51. The average Bonchev–Trinajstić information content (AvgIpc) is 3.30. The van der Waals surface area contributed by atoms with Crippen molar-refractivity contribution in [2.45, 2.75) is 45.1 Å². The summed E-state index contributed by atoms with van der Waals surface area (Å²) >= 11 is 0. The number of likely N-dealkylation sites (N-methyl/N-ethyl adjacent to an activating group) is 1. The number of aromatic nitrogens is 1. The molecule has 1 saturated carbocycles. The van der Waals surface area contributed by atoms with Crippen LogP contribution in [0.15, 0.2) is 60.7 Å². The molecule has 0 spiro atoms. The molecule has 32 heavy (non-hydrogen) atoms. The molecule has 1 heterocycles. The summed E-state index contributed by atoms with van der Waals surface area (Å²) in [6.45, 7) is 3.84. The molecule has 6 nitrogen and oxygen atoms in total. The van der Waals surface area contributed by atoms with Crippen molar-refractivity contribution in [3.8, 4) is 23.3 Å². The topological polar surface area (TPSA) is 71.9 Å². The molecule has 3 aromatic rings. The molecule has 1 N–H and O–H groups in total. The molecule has 0 aliphatic heterocycles. The van der Waals surface area contributed by atoms with E-state index in [9.17, 15) is 9.90 Å². The number of carbonyl (C=O) groups is 1. The summed E-state index contributed by atoms with van der Waals surface area (Å²) < 4.78 is 12.2. The fourth-order valence-electron chi connectivity index (χ4n) is 4.51. The Kier molecular flexibility index (Phi) is 6.04. The van der Waals surface area contributed by atoms with Crippen LogP contribution in [0.3, 0.4) is 0 Å². The fraction of sp³-hybridized carbons (Fsp3) is 0.308. The van der Waals surface area contributed by atoms with E-state index in [0.29, 0.717) is 36.1 Å². The molecule has 0 saturated heterocycles. The Hall–Kier alpha value is -3.54. The zero-order valence-electron chi connectivity index (χ0n) is 18.7. The van der Waals surface area contributed by atoms with E-state index in [0.717, 1.165) is 29.7 Å². The van der Waals surface area contributed by atoms with E-state index >= 15 is 0 Å². The Bertz CT molecular complexity index is 1030. The number of ether oxygens (including phenoxy) is 2. The minimum Gasteiger partial charge on any atom is -0.479 e. The molecule has 1 aromatic heterocycles. The summed E-state index contributed by atoms with van der Waals surface area (Å²) in [5.74, 6) is 1.30. The van der Waals surface area contributed by atoms with Gasteiger partial charge in [0.15, 0.2) is 0 Å². The summed E-state index contributed by atoms with van der Waals surface area (Å²) in [5, 5.41) is 10.2. The lowest BCUT2D eigenvalue weighted by atomic mass is 9.93. The van der Waals surface area contributed by atoms with Gasteiger partial charge >= 0.3 is 5.97 Å². The Labute approximate surface area is 188 Å². The van der Waals surface area contributed by atoms with Crippen LogP contribution in [0.1, 0.15) is 36.8 Å². The monoisotopic (exact) mass is 432 g/mol. The van der Waals surface area contributed by atoms with Gasteiger partial charge in [0, 0.05) is 18.2 Å². The van der Waals surface area contributed by atoms with Crippen LogP contribution in [0.4, 0.5) is 5.69 Å². The van der Waals surface area contributed by atoms with Crippen LogP contribution in [0.25, 0.3) is 0 Å². The number of pyridine rings is 1. The van der Waals surface area contributed by atoms with Gasteiger partial charge in [-0.3, -0.25) is 0 Å². The predicted molar refractivity (Wildman–Crippen MR) is 124 cm³/mol. The number of carboxylic acids is 1. The van der Waals surface area contributed by atoms with Gasteiger partial charge in [-0.1, -0.05) is 49.2 Å². The number of aliphatic carboxylic acids is 1. The van der Waals surface area contributed by atoms with E-state index in [1.54, 1.807) is 0 Å². The summed E-state index contributed by atoms with van der Waals surface area (Å²) in [4.78, 5) is 19.0. The number of nitrogens with zero attached hydrogens (tertiary/aromatic N) is 2. The minimum atomic E-state index is -0.953. The largest absolute Gasteiger partial charge is 0.479 e. The lowest BCUT2D eigenvalue weighted by molar-refractivity contribution is -0.143. The molecule has 1 aliphatic rings. The lowest BCUT2D eigenvalue weighted by Gasteiger charge is -2.38. The Morgan fingerprint density at radius 1 is 0.875 bits per heavy atom. The predicted octanol–water partition coefficient (Wildman–Crippen LogP) is 6.12. The van der Waals surface area contributed by atoms with Crippen LogP contribution in [-0.4, -0.2) is 28.6 Å². The van der Waals surface area contributed by atoms with E-state index < -0.39 is 11.5 Å². The molecule has 166 valence electrons. The van der Waals surface area contributed by atoms with Crippen molar-refractivity contribution in [1.82, 2.24) is 4.98 Å². The van der Waals surface area contributed by atoms with E-state index in [1.807, 2.05) is 86.5 Å². The van der Waals surface area contributed by atoms with Crippen molar-refractivity contribution >= 4 is 11.7 Å². The summed E-state index contributed by atoms with van der Waals surface area (Å²) in [6.07, 6.45) is 2.98. The number of carboxylic acid groups (broad SMARTS) is 1. The molecular formula is C26H28N2O4. The van der Waals surface area contributed by atoms with Crippen LogP contribution in [-0.2, 0) is 4.79 Å². The maximum Gasteiger partial charge on any atom is 0.329 e. The Morgan fingerprint density at radius 3 is 1.72 bits per heavy atom. The van der Waals surface area contributed by atoms with Gasteiger partial charge in [-0.15, -0.1) is 0 Å². The van der Waals surface area contributed by atoms with Gasteiger partial charge in [-0.05, 0) is 51.0 Å². The number of benzene rings is 2. The molecule has 0 amide bonds. The van der Waals surface area contributed by atoms with Gasteiger partial charge in [0.05, 0.1) is 5.69 Å². The zero-order chi connectivity index (χ0) is 22.7. The highest BCUT2D eigenvalue weighted by Crippen LogP contribution is 2.44. The summed E-state index contributed by atoms with van der Waals surface area (Å²) in [7, 11) is 1.85. The van der Waals surface area contributed by atoms with Gasteiger partial charge in [-0.25, -0.2) is 4.79 Å². The van der Waals surface area contributed by atoms with Crippen molar-refractivity contribution in [3.63, 3.8) is 0 Å². The van der Waals surface area contributed by atoms with Gasteiger partial charge < -0.3 is 19.5 Å². The summed E-state index contributed by atoms with van der Waals surface area (Å²) in [5.41, 5.74) is 1.38. The molecule has 0 atom stereocenters. The number of para-hydroxylation sites is 2. The smallest absolute Gasteiger partial charge is 0.329 e. The van der Waals surface area contributed by atoms with Crippen LogP contribution < -0.4 is 14.4 Å². The number of anilines is 1. The number of hydrogen-bond donors (Lipinski definition) is 1. The van der Waals surface area contributed by atoms with Gasteiger partial charge in [0.1, 0.15) is 17.0 Å². The molecule has 6 heteroatoms. The SMILES string of the molecule is Cc1c(Oc2ccccc2)nc(Oc2ccccc2)c(C)c1N(C)C1(C(=O)O)CCCC1. The highest BCUT2D eigenvalue weighted by molar-refractivity contribution is 5.85. The van der Waals surface area contributed by atoms with E-state index in [4.69, 9.17) is 9.47 Å². The minimum absolute atomic E-state index is 0.396. The number of hydrogen-bond acceptors (Lipinski definition) is 5. The third-order valence-corrected chi connectivity index (χ3v) is 6.28. The molecule has 4 rings (SSSR count). The van der Waals surface area contributed by atoms with E-state index in [1.165, 1.54) is 0 Å². The van der Waals surface area contributed by atoms with Crippen LogP contribution in [0.2, 0.25) is 0 Å². The molecule has 1 aliphatic carbocycles. The molecule has 2 aromatic carbocycles. The van der Waals surface area contributed by atoms with Gasteiger partial charge in [0.2, 0.25) is 11.8 Å². The van der Waals surface area contributed by atoms with E-state index in [2.05, 4.69) is 4.98 Å². The van der Waals surface area contributed by atoms with Crippen molar-refractivity contribution in [1.29, 1.82) is 0 Å². The summed E-state index contributed by atoms with van der Waals surface area (Å²) in [6, 6.07) is 18.8. The van der Waals surface area contributed by atoms with Crippen LogP contribution >= 0.6 is 0 Å². The second-order valence-corrected chi connectivity index (χ2v) is 8.25. The van der Waals surface area contributed by atoms with Crippen LogP contribution in [0.5, 0.6) is 23.3 Å². The van der Waals surface area contributed by atoms with Crippen molar-refractivity contribution in [2.24, 2.45) is 0 Å². The fourth-order valence-corrected chi connectivity index (χ4v) is 4.51. The first-order valence-corrected chi connectivity index (χ1v) is 10.9. The molecule has 0 bridgehead atoms. The molecule has 0 radical (unpaired) electrons. The first-order valence-electron chi connectivity index (χ1n) is 10.9. The van der Waals surface area contributed by atoms with Gasteiger partial charge in [0.25, 0.3) is 0 Å². The Balaban J connectivity index is 1.84. The van der Waals surface area contributed by atoms with Crippen molar-refractivity contribution < 1.29 is 19.4 Å². The first-order chi connectivity index (χ1) is 15.4. The average molecular weight is 433 g/mol. The standard InChI is InChI=1S/C26H28N2O4/c1-18-22(28(3)26(25(29)30)16-10-11-17-26)19(2)24(32-21-14-8-5-9-15-21)27-23(18)31-20-12-6-4-7-13-20/h4-9,12-15H,10-11,16-17H2,1-3H3,(H,29,30). The number of rotatable bonds is 7. The third-order valence-electron chi connectivity index (χ3n) is 6.28. The molecule has 0 unspecified atom stereocenters. The first kappa shape index (κ1) is 21.7. The van der Waals surface area contributed by atoms with Crippen molar-refractivity contribution in [3.05, 3.63) is 71.8 Å². The second kappa shape index (κ2) is 8.91. The Morgan fingerprint density at radius 2 is 1.31 bits per heavy atom. The maximum atomic E-state index is 12.4. The van der Waals surface area contributed by atoms with E-state index in [-0.39, 0.29) is 0 Å². The third kappa shape index (κ3) is 4.00. The van der Waals surface area contributed by atoms with Crippen LogP contribution in [0, 0.1) is 13.8 Å².